The van der Waals surface area contributed by atoms with Crippen LogP contribution in [0.5, 0.6) is 5.75 Å². The Morgan fingerprint density at radius 1 is 1.40 bits per heavy atom. The number of carbonyl (C=O) groups excluding carboxylic acids is 1. The predicted octanol–water partition coefficient (Wildman–Crippen LogP) is 1.90. The molecule has 0 bridgehead atoms. The zero-order valence-electron chi connectivity index (χ0n) is 8.19. The second-order valence-electron chi connectivity index (χ2n) is 3.21. The van der Waals surface area contributed by atoms with Crippen molar-refractivity contribution >= 4 is 22.5 Å². The van der Waals surface area contributed by atoms with Crippen molar-refractivity contribution in [3.05, 3.63) is 30.5 Å². The van der Waals surface area contributed by atoms with Crippen molar-refractivity contribution in [2.75, 3.05) is 5.32 Å². The number of phenolic OH excluding ortho intramolecular Hbond substituents is 1. The highest BCUT2D eigenvalue weighted by Crippen LogP contribution is 2.28. The first-order valence-electron chi connectivity index (χ1n) is 4.53. The van der Waals surface area contributed by atoms with Crippen molar-refractivity contribution in [3.63, 3.8) is 0 Å². The average Bonchev–Trinajstić information content (AvgIpc) is 2.22. The van der Waals surface area contributed by atoms with Crippen molar-refractivity contribution in [3.8, 4) is 5.75 Å². The van der Waals surface area contributed by atoms with E-state index in [1.807, 2.05) is 0 Å². The number of nitrogens with zero attached hydrogens (tertiary/aromatic N) is 1. The molecule has 1 amide bonds. The summed E-state index contributed by atoms with van der Waals surface area (Å²) < 4.78 is 0. The molecule has 1 heterocycles. The van der Waals surface area contributed by atoms with Crippen LogP contribution in [0, 0.1) is 0 Å². The number of rotatable bonds is 1. The predicted molar refractivity (Wildman–Crippen MR) is 57.7 cm³/mol. The molecule has 0 unspecified atom stereocenters. The third kappa shape index (κ3) is 1.74. The molecule has 0 spiro atoms. The molecule has 0 radical (unpaired) electrons. The maximum absolute atomic E-state index is 10.9. The van der Waals surface area contributed by atoms with Gasteiger partial charge in [0.05, 0.1) is 5.69 Å². The minimum Gasteiger partial charge on any atom is -0.506 e. The number of hydrogen-bond acceptors (Lipinski definition) is 3. The quantitative estimate of drug-likeness (QED) is 0.694. The van der Waals surface area contributed by atoms with Crippen LogP contribution in [0.4, 0.5) is 5.69 Å². The van der Waals surface area contributed by atoms with Crippen LogP contribution >= 0.6 is 0 Å². The molecular formula is C11H10N2O2. The van der Waals surface area contributed by atoms with Gasteiger partial charge in [-0.05, 0) is 24.3 Å². The summed E-state index contributed by atoms with van der Waals surface area (Å²) in [6.07, 6.45) is 1.60. The number of aromatic hydroxyl groups is 1. The van der Waals surface area contributed by atoms with E-state index in [1.54, 1.807) is 24.4 Å². The van der Waals surface area contributed by atoms with Crippen molar-refractivity contribution in [1.29, 1.82) is 0 Å². The van der Waals surface area contributed by atoms with E-state index >= 15 is 0 Å². The first kappa shape index (κ1) is 9.45. The van der Waals surface area contributed by atoms with E-state index in [4.69, 9.17) is 0 Å². The Labute approximate surface area is 86.6 Å². The third-order valence-corrected chi connectivity index (χ3v) is 2.06. The highest BCUT2D eigenvalue weighted by molar-refractivity contribution is 6.01. The molecule has 2 N–H and O–H groups in total. The van der Waals surface area contributed by atoms with Crippen LogP contribution in [-0.2, 0) is 4.79 Å². The first-order valence-corrected chi connectivity index (χ1v) is 4.53. The average molecular weight is 202 g/mol. The van der Waals surface area contributed by atoms with E-state index in [2.05, 4.69) is 10.3 Å². The monoisotopic (exact) mass is 202 g/mol. The highest BCUT2D eigenvalue weighted by atomic mass is 16.3. The molecule has 0 aliphatic carbocycles. The number of pyridine rings is 1. The molecule has 4 nitrogen and oxygen atoms in total. The fraction of sp³-hybridized carbons (Fsp3) is 0.0909. The Kier molecular flexibility index (Phi) is 2.25. The van der Waals surface area contributed by atoms with Gasteiger partial charge >= 0.3 is 0 Å². The molecule has 1 aromatic heterocycles. The van der Waals surface area contributed by atoms with Gasteiger partial charge in [-0.2, -0.15) is 0 Å². The van der Waals surface area contributed by atoms with Crippen molar-refractivity contribution in [1.82, 2.24) is 4.98 Å². The van der Waals surface area contributed by atoms with Crippen molar-refractivity contribution in [2.45, 2.75) is 6.92 Å². The van der Waals surface area contributed by atoms with Gasteiger partial charge in [0, 0.05) is 18.5 Å². The molecule has 2 rings (SSSR count). The fourth-order valence-electron chi connectivity index (χ4n) is 1.46. The van der Waals surface area contributed by atoms with Crippen LogP contribution in [0.1, 0.15) is 6.92 Å². The summed E-state index contributed by atoms with van der Waals surface area (Å²) in [6, 6.07) is 6.72. The SMILES string of the molecule is CC(=O)Nc1ccc(O)c2ncccc12. The number of hydrogen-bond donors (Lipinski definition) is 2. The van der Waals surface area contributed by atoms with Gasteiger partial charge < -0.3 is 10.4 Å². The van der Waals surface area contributed by atoms with E-state index in [9.17, 15) is 9.90 Å². The van der Waals surface area contributed by atoms with Gasteiger partial charge in [-0.15, -0.1) is 0 Å². The summed E-state index contributed by atoms with van der Waals surface area (Å²) in [5, 5.41) is 13.0. The second-order valence-corrected chi connectivity index (χ2v) is 3.21. The van der Waals surface area contributed by atoms with Crippen molar-refractivity contribution in [2.24, 2.45) is 0 Å². The summed E-state index contributed by atoms with van der Waals surface area (Å²) in [6.45, 7) is 1.44. The maximum atomic E-state index is 10.9. The lowest BCUT2D eigenvalue weighted by atomic mass is 10.1. The Hall–Kier alpha value is -2.10. The van der Waals surface area contributed by atoms with E-state index in [-0.39, 0.29) is 11.7 Å². The molecule has 1 aromatic carbocycles. The number of carbonyl (C=O) groups is 1. The fourth-order valence-corrected chi connectivity index (χ4v) is 1.46. The summed E-state index contributed by atoms with van der Waals surface area (Å²) in [4.78, 5) is 15.0. The van der Waals surface area contributed by atoms with E-state index < -0.39 is 0 Å². The van der Waals surface area contributed by atoms with Gasteiger partial charge in [-0.3, -0.25) is 9.78 Å². The van der Waals surface area contributed by atoms with Gasteiger partial charge in [0.15, 0.2) is 0 Å². The van der Waals surface area contributed by atoms with Gasteiger partial charge in [0.1, 0.15) is 11.3 Å². The molecular weight excluding hydrogens is 192 g/mol. The van der Waals surface area contributed by atoms with Gasteiger partial charge in [0.25, 0.3) is 0 Å². The molecule has 0 aliphatic rings. The van der Waals surface area contributed by atoms with Crippen LogP contribution in [0.15, 0.2) is 30.5 Å². The summed E-state index contributed by atoms with van der Waals surface area (Å²) in [5.41, 5.74) is 1.15. The largest absolute Gasteiger partial charge is 0.506 e. The van der Waals surface area contributed by atoms with Crippen LogP contribution in [-0.4, -0.2) is 16.0 Å². The third-order valence-electron chi connectivity index (χ3n) is 2.06. The van der Waals surface area contributed by atoms with Gasteiger partial charge in [0.2, 0.25) is 5.91 Å². The number of phenols is 1. The van der Waals surface area contributed by atoms with Crippen molar-refractivity contribution < 1.29 is 9.90 Å². The Bertz CT molecular complexity index is 523. The normalized spacial score (nSPS) is 10.2. The Morgan fingerprint density at radius 2 is 2.20 bits per heavy atom. The molecule has 0 fully saturated rings. The molecule has 0 saturated heterocycles. The molecule has 0 atom stereocenters. The molecule has 15 heavy (non-hydrogen) atoms. The molecule has 0 aliphatic heterocycles. The van der Waals surface area contributed by atoms with Gasteiger partial charge in [-0.1, -0.05) is 0 Å². The second kappa shape index (κ2) is 3.57. The first-order chi connectivity index (χ1) is 7.18. The summed E-state index contributed by atoms with van der Waals surface area (Å²) >= 11 is 0. The van der Waals surface area contributed by atoms with E-state index in [1.165, 1.54) is 13.0 Å². The summed E-state index contributed by atoms with van der Waals surface area (Å²) in [7, 11) is 0. The number of anilines is 1. The molecule has 2 aromatic rings. The van der Waals surface area contributed by atoms with Crippen LogP contribution < -0.4 is 5.32 Å². The topological polar surface area (TPSA) is 62.2 Å². The lowest BCUT2D eigenvalue weighted by molar-refractivity contribution is -0.114. The number of amides is 1. The lowest BCUT2D eigenvalue weighted by Gasteiger charge is -2.07. The number of aromatic nitrogens is 1. The standard InChI is InChI=1S/C11H10N2O2/c1-7(14)13-9-4-5-10(15)11-8(9)3-2-6-12-11/h2-6,15H,1H3,(H,13,14). The zero-order chi connectivity index (χ0) is 10.8. The zero-order valence-corrected chi connectivity index (χ0v) is 8.19. The minimum absolute atomic E-state index is 0.111. The highest BCUT2D eigenvalue weighted by Gasteiger charge is 2.06. The smallest absolute Gasteiger partial charge is 0.221 e. The van der Waals surface area contributed by atoms with Crippen LogP contribution in [0.2, 0.25) is 0 Å². The van der Waals surface area contributed by atoms with Crippen LogP contribution in [0.3, 0.4) is 0 Å². The van der Waals surface area contributed by atoms with Crippen LogP contribution in [0.25, 0.3) is 10.9 Å². The number of nitrogens with one attached hydrogen (secondary N) is 1. The lowest BCUT2D eigenvalue weighted by Crippen LogP contribution is -2.06. The number of fused-ring (bicyclic) bond motifs is 1. The van der Waals surface area contributed by atoms with E-state index in [0.29, 0.717) is 11.2 Å². The summed E-state index contributed by atoms with van der Waals surface area (Å²) in [5.74, 6) is -0.0365. The minimum atomic E-state index is -0.147. The molecule has 76 valence electrons. The van der Waals surface area contributed by atoms with E-state index in [0.717, 1.165) is 5.39 Å². The maximum Gasteiger partial charge on any atom is 0.221 e. The van der Waals surface area contributed by atoms with Gasteiger partial charge in [-0.25, -0.2) is 0 Å². The Balaban J connectivity index is 2.66. The number of benzene rings is 1. The molecule has 4 heteroatoms. The molecule has 0 saturated carbocycles. The Morgan fingerprint density at radius 3 is 2.93 bits per heavy atom.